The Morgan fingerprint density at radius 1 is 1.15 bits per heavy atom. The van der Waals surface area contributed by atoms with E-state index in [2.05, 4.69) is 0 Å². The molecule has 1 aliphatic heterocycles. The molecule has 1 heterocycles. The molecule has 20 heavy (non-hydrogen) atoms. The van der Waals surface area contributed by atoms with Crippen LogP contribution in [-0.4, -0.2) is 64.9 Å². The molecule has 0 aliphatic carbocycles. The molecular formula is C8H17NO9P2. The summed E-state index contributed by atoms with van der Waals surface area (Å²) in [5.74, 6) is -1.27. The lowest BCUT2D eigenvalue weighted by Crippen LogP contribution is -2.51. The van der Waals surface area contributed by atoms with Crippen LogP contribution in [0, 0.1) is 0 Å². The summed E-state index contributed by atoms with van der Waals surface area (Å²) in [6.45, 7) is -1.04. The summed E-state index contributed by atoms with van der Waals surface area (Å²) in [4.78, 5) is 48.1. The Labute approximate surface area is 114 Å². The molecule has 0 aromatic heterocycles. The lowest BCUT2D eigenvalue weighted by molar-refractivity contribution is -0.145. The SMILES string of the molecule is O=C(O)C1CCCCN1CC(O)(P(=O)(O)O)P(=O)(O)O. The van der Waals surface area contributed by atoms with Gasteiger partial charge in [-0.3, -0.25) is 18.8 Å². The number of aliphatic hydroxyl groups is 1. The minimum atomic E-state index is -5.57. The van der Waals surface area contributed by atoms with Gasteiger partial charge in [0.1, 0.15) is 6.04 Å². The molecule has 0 bridgehead atoms. The molecule has 1 rings (SSSR count). The zero-order chi connectivity index (χ0) is 15.8. The number of aliphatic carboxylic acids is 1. The van der Waals surface area contributed by atoms with E-state index in [1.54, 1.807) is 0 Å². The summed E-state index contributed by atoms with van der Waals surface area (Å²) in [6, 6.07) is -1.15. The molecule has 0 spiro atoms. The highest BCUT2D eigenvalue weighted by Crippen LogP contribution is 2.67. The van der Waals surface area contributed by atoms with E-state index in [0.29, 0.717) is 12.8 Å². The Morgan fingerprint density at radius 3 is 2.05 bits per heavy atom. The number of hydrogen-bond donors (Lipinski definition) is 6. The molecule has 12 heteroatoms. The molecule has 10 nitrogen and oxygen atoms in total. The second kappa shape index (κ2) is 5.82. The molecule has 1 fully saturated rings. The molecule has 118 valence electrons. The van der Waals surface area contributed by atoms with Crippen LogP contribution in [0.4, 0.5) is 0 Å². The maximum Gasteiger partial charge on any atom is 0.370 e. The van der Waals surface area contributed by atoms with Crippen LogP contribution in [0.5, 0.6) is 0 Å². The van der Waals surface area contributed by atoms with Gasteiger partial charge in [-0.15, -0.1) is 0 Å². The van der Waals surface area contributed by atoms with Gasteiger partial charge in [0.15, 0.2) is 0 Å². The van der Waals surface area contributed by atoms with Gasteiger partial charge in [0.25, 0.3) is 5.08 Å². The fourth-order valence-corrected chi connectivity index (χ4v) is 4.18. The molecule has 6 N–H and O–H groups in total. The molecule has 0 aromatic carbocycles. The highest BCUT2D eigenvalue weighted by molar-refractivity contribution is 7.72. The van der Waals surface area contributed by atoms with Crippen molar-refractivity contribution in [1.29, 1.82) is 0 Å². The van der Waals surface area contributed by atoms with E-state index < -0.39 is 38.8 Å². The van der Waals surface area contributed by atoms with Gasteiger partial charge in [0, 0.05) is 0 Å². The van der Waals surface area contributed by atoms with Crippen molar-refractivity contribution in [1.82, 2.24) is 4.90 Å². The third-order valence-electron chi connectivity index (χ3n) is 3.25. The van der Waals surface area contributed by atoms with Crippen LogP contribution >= 0.6 is 15.2 Å². The number of rotatable bonds is 5. The van der Waals surface area contributed by atoms with E-state index in [9.17, 15) is 19.0 Å². The van der Waals surface area contributed by atoms with Gasteiger partial charge in [-0.2, -0.15) is 0 Å². The summed E-state index contributed by atoms with van der Waals surface area (Å²) in [6.07, 6.45) is 1.24. The van der Waals surface area contributed by atoms with Gasteiger partial charge in [-0.25, -0.2) is 0 Å². The highest BCUT2D eigenvalue weighted by atomic mass is 31.2. The van der Waals surface area contributed by atoms with Crippen molar-refractivity contribution in [2.45, 2.75) is 30.4 Å². The van der Waals surface area contributed by atoms with Gasteiger partial charge in [0.2, 0.25) is 0 Å². The minimum Gasteiger partial charge on any atom is -0.480 e. The van der Waals surface area contributed by atoms with Gasteiger partial charge in [0.05, 0.1) is 6.54 Å². The standard InChI is InChI=1S/C8H17NO9P2/c10-7(11)6-3-1-2-4-9(6)5-8(12,19(13,14)15)20(16,17)18/h6,12H,1-5H2,(H,10,11)(H2,13,14,15)(H2,16,17,18). The Kier molecular flexibility index (Phi) is 5.17. The lowest BCUT2D eigenvalue weighted by atomic mass is 10.0. The number of carbonyl (C=O) groups is 1. The summed E-state index contributed by atoms with van der Waals surface area (Å²) in [5, 5.41) is 15.2. The van der Waals surface area contributed by atoms with Crippen molar-refractivity contribution in [3.63, 3.8) is 0 Å². The Hall–Kier alpha value is -0.310. The summed E-state index contributed by atoms with van der Waals surface area (Å²) >= 11 is 0. The Balaban J connectivity index is 3.10. The van der Waals surface area contributed by atoms with Crippen LogP contribution in [0.3, 0.4) is 0 Å². The smallest absolute Gasteiger partial charge is 0.370 e. The number of β-amino-alcohol motifs (C(OH)–C–C–N with tert-alkyl or cyclic N) is 1. The average Bonchev–Trinajstić information content (AvgIpc) is 2.26. The Morgan fingerprint density at radius 2 is 1.65 bits per heavy atom. The van der Waals surface area contributed by atoms with Crippen LogP contribution in [0.15, 0.2) is 0 Å². The van der Waals surface area contributed by atoms with Crippen molar-refractivity contribution in [2.24, 2.45) is 0 Å². The molecular weight excluding hydrogens is 316 g/mol. The van der Waals surface area contributed by atoms with Gasteiger partial charge in [-0.1, -0.05) is 6.42 Å². The molecule has 1 aliphatic rings. The van der Waals surface area contributed by atoms with Crippen LogP contribution in [-0.2, 0) is 13.9 Å². The molecule has 1 atom stereocenters. The third-order valence-corrected chi connectivity index (χ3v) is 6.96. The van der Waals surface area contributed by atoms with Crippen molar-refractivity contribution < 1.29 is 43.7 Å². The lowest BCUT2D eigenvalue weighted by Gasteiger charge is -2.39. The molecule has 0 radical (unpaired) electrons. The summed E-state index contributed by atoms with van der Waals surface area (Å²) in [7, 11) is -11.1. The predicted octanol–water partition coefficient (Wildman–Crippen LogP) is -1.07. The Bertz CT molecular complexity index is 447. The van der Waals surface area contributed by atoms with Gasteiger partial charge >= 0.3 is 21.2 Å². The first-order valence-corrected chi connectivity index (χ1v) is 8.93. The molecule has 1 saturated heterocycles. The number of hydrogen-bond acceptors (Lipinski definition) is 5. The highest BCUT2D eigenvalue weighted by Gasteiger charge is 2.60. The average molecular weight is 333 g/mol. The summed E-state index contributed by atoms with van der Waals surface area (Å²) in [5.41, 5.74) is 0. The molecule has 0 amide bonds. The second-order valence-corrected chi connectivity index (χ2v) is 8.69. The minimum absolute atomic E-state index is 0.0687. The molecule has 0 aromatic rings. The van der Waals surface area contributed by atoms with E-state index in [1.807, 2.05) is 0 Å². The van der Waals surface area contributed by atoms with Crippen molar-refractivity contribution in [2.75, 3.05) is 13.1 Å². The topological polar surface area (TPSA) is 176 Å². The third kappa shape index (κ3) is 3.47. The van der Waals surface area contributed by atoms with Crippen molar-refractivity contribution >= 4 is 21.2 Å². The maximum atomic E-state index is 11.2. The number of likely N-dealkylation sites (tertiary alicyclic amines) is 1. The van der Waals surface area contributed by atoms with Crippen LogP contribution < -0.4 is 0 Å². The molecule has 0 saturated carbocycles. The van der Waals surface area contributed by atoms with E-state index in [0.717, 1.165) is 4.90 Å². The first-order valence-electron chi connectivity index (χ1n) is 5.70. The number of nitrogens with zero attached hydrogens (tertiary/aromatic N) is 1. The summed E-state index contributed by atoms with van der Waals surface area (Å²) < 4.78 is 22.5. The molecule has 1 unspecified atom stereocenters. The number of carboxylic acid groups (broad SMARTS) is 1. The van der Waals surface area contributed by atoms with Crippen molar-refractivity contribution in [3.05, 3.63) is 0 Å². The van der Waals surface area contributed by atoms with Gasteiger partial charge in [-0.05, 0) is 19.4 Å². The fraction of sp³-hybridized carbons (Fsp3) is 0.875. The number of carboxylic acids is 1. The zero-order valence-corrected chi connectivity index (χ0v) is 12.2. The normalized spacial score (nSPS) is 22.8. The van der Waals surface area contributed by atoms with Crippen LogP contribution in [0.1, 0.15) is 19.3 Å². The first-order chi connectivity index (χ1) is 8.90. The predicted molar refractivity (Wildman–Crippen MR) is 65.9 cm³/mol. The van der Waals surface area contributed by atoms with E-state index in [-0.39, 0.29) is 13.0 Å². The number of piperidine rings is 1. The maximum absolute atomic E-state index is 11.2. The van der Waals surface area contributed by atoms with Crippen molar-refractivity contribution in [3.8, 4) is 0 Å². The van der Waals surface area contributed by atoms with E-state index in [4.69, 9.17) is 24.7 Å². The monoisotopic (exact) mass is 333 g/mol. The fourth-order valence-electron chi connectivity index (χ4n) is 2.09. The first kappa shape index (κ1) is 17.7. The van der Waals surface area contributed by atoms with Crippen LogP contribution in [0.25, 0.3) is 0 Å². The second-order valence-electron chi connectivity index (χ2n) is 4.68. The largest absolute Gasteiger partial charge is 0.480 e. The quantitative estimate of drug-likeness (QED) is 0.339. The van der Waals surface area contributed by atoms with E-state index in [1.165, 1.54) is 0 Å². The van der Waals surface area contributed by atoms with Gasteiger partial charge < -0.3 is 29.8 Å². The van der Waals surface area contributed by atoms with Crippen LogP contribution in [0.2, 0.25) is 0 Å². The zero-order valence-electron chi connectivity index (χ0n) is 10.4. The van der Waals surface area contributed by atoms with E-state index >= 15 is 0 Å².